The van der Waals surface area contributed by atoms with E-state index < -0.39 is 0 Å². The second kappa shape index (κ2) is 8.79. The number of fused-ring (bicyclic) bond motifs is 3. The van der Waals surface area contributed by atoms with Crippen LogP contribution in [0.25, 0.3) is 16.0 Å². The predicted molar refractivity (Wildman–Crippen MR) is 121 cm³/mol. The van der Waals surface area contributed by atoms with Crippen LogP contribution in [-0.4, -0.2) is 30.8 Å². The lowest BCUT2D eigenvalue weighted by Crippen LogP contribution is -2.25. The molecule has 1 amide bonds. The van der Waals surface area contributed by atoms with Crippen LogP contribution < -0.4 is 10.9 Å². The third-order valence-corrected chi connectivity index (χ3v) is 6.69. The van der Waals surface area contributed by atoms with E-state index in [1.807, 2.05) is 34.0 Å². The highest BCUT2D eigenvalue weighted by atomic mass is 35.5. The lowest BCUT2D eigenvalue weighted by Gasteiger charge is -2.11. The molecule has 3 heterocycles. The van der Waals surface area contributed by atoms with Gasteiger partial charge in [0.25, 0.3) is 5.56 Å². The van der Waals surface area contributed by atoms with Gasteiger partial charge in [-0.3, -0.25) is 18.6 Å². The van der Waals surface area contributed by atoms with Gasteiger partial charge in [-0.05, 0) is 29.0 Å². The molecule has 0 saturated heterocycles. The van der Waals surface area contributed by atoms with Crippen molar-refractivity contribution < 1.29 is 4.79 Å². The van der Waals surface area contributed by atoms with Crippen LogP contribution in [-0.2, 0) is 17.9 Å². The minimum Gasteiger partial charge on any atom is -0.351 e. The summed E-state index contributed by atoms with van der Waals surface area (Å²) in [5, 5.41) is 14.5. The number of rotatable bonds is 7. The molecule has 0 spiro atoms. The zero-order valence-corrected chi connectivity index (χ0v) is 18.9. The molecular formula is C20H20ClN5O2S2. The van der Waals surface area contributed by atoms with E-state index in [4.69, 9.17) is 11.6 Å². The van der Waals surface area contributed by atoms with Gasteiger partial charge in [-0.2, -0.15) is 0 Å². The van der Waals surface area contributed by atoms with Gasteiger partial charge in [-0.1, -0.05) is 55.4 Å². The van der Waals surface area contributed by atoms with Crippen molar-refractivity contribution in [3.63, 3.8) is 0 Å². The maximum Gasteiger partial charge on any atom is 0.272 e. The molecule has 0 radical (unpaired) electrons. The zero-order chi connectivity index (χ0) is 21.3. The highest BCUT2D eigenvalue weighted by Gasteiger charge is 2.19. The number of aromatic nitrogens is 4. The van der Waals surface area contributed by atoms with E-state index in [0.29, 0.717) is 33.7 Å². The molecule has 0 aliphatic heterocycles. The maximum atomic E-state index is 12.9. The van der Waals surface area contributed by atoms with Crippen molar-refractivity contribution in [2.75, 3.05) is 5.75 Å². The van der Waals surface area contributed by atoms with E-state index in [9.17, 15) is 9.59 Å². The summed E-state index contributed by atoms with van der Waals surface area (Å²) < 4.78 is 4.19. The van der Waals surface area contributed by atoms with Gasteiger partial charge in [0.1, 0.15) is 4.70 Å². The molecule has 0 aliphatic rings. The van der Waals surface area contributed by atoms with Gasteiger partial charge in [0, 0.05) is 18.1 Å². The normalized spacial score (nSPS) is 11.6. The first-order valence-electron chi connectivity index (χ1n) is 9.43. The smallest absolute Gasteiger partial charge is 0.272 e. The number of amides is 1. The van der Waals surface area contributed by atoms with E-state index in [1.165, 1.54) is 23.1 Å². The SMILES string of the molecule is CC(C)Cn1c(=O)c2sccc2n2c(SCC(=O)NCc3ccccc3Cl)nnc12. The molecule has 0 bridgehead atoms. The molecule has 1 N–H and O–H groups in total. The first kappa shape index (κ1) is 20.9. The minimum absolute atomic E-state index is 0.0531. The quantitative estimate of drug-likeness (QED) is 0.423. The fourth-order valence-electron chi connectivity index (χ4n) is 3.14. The van der Waals surface area contributed by atoms with Crippen LogP contribution in [0, 0.1) is 5.92 Å². The van der Waals surface area contributed by atoms with Crippen LogP contribution in [0.4, 0.5) is 0 Å². The first-order valence-corrected chi connectivity index (χ1v) is 11.7. The second-order valence-corrected chi connectivity index (χ2v) is 9.49. The van der Waals surface area contributed by atoms with Crippen molar-refractivity contribution in [1.29, 1.82) is 0 Å². The Hall–Kier alpha value is -2.36. The van der Waals surface area contributed by atoms with Crippen LogP contribution in [0.5, 0.6) is 0 Å². The monoisotopic (exact) mass is 461 g/mol. The Balaban J connectivity index is 1.56. The standard InChI is InChI=1S/C20H20ClN5O2S2/c1-12(2)10-25-18(28)17-15(7-8-29-17)26-19(25)23-24-20(26)30-11-16(27)22-9-13-5-3-4-6-14(13)21/h3-8,12H,9-11H2,1-2H3,(H,22,27). The predicted octanol–water partition coefficient (Wildman–Crippen LogP) is 3.82. The first-order chi connectivity index (χ1) is 14.5. The highest BCUT2D eigenvalue weighted by Crippen LogP contribution is 2.24. The number of hydrogen-bond donors (Lipinski definition) is 1. The van der Waals surface area contributed by atoms with Crippen LogP contribution in [0.15, 0.2) is 45.7 Å². The molecule has 0 unspecified atom stereocenters. The van der Waals surface area contributed by atoms with Crippen LogP contribution in [0.1, 0.15) is 19.4 Å². The zero-order valence-electron chi connectivity index (χ0n) is 16.5. The third-order valence-electron chi connectivity index (χ3n) is 4.50. The summed E-state index contributed by atoms with van der Waals surface area (Å²) >= 11 is 8.83. The molecule has 4 rings (SSSR count). The van der Waals surface area contributed by atoms with Gasteiger partial charge in [-0.25, -0.2) is 0 Å². The van der Waals surface area contributed by atoms with E-state index in [0.717, 1.165) is 11.1 Å². The van der Waals surface area contributed by atoms with Crippen LogP contribution in [0.3, 0.4) is 0 Å². The lowest BCUT2D eigenvalue weighted by molar-refractivity contribution is -0.118. The number of carbonyl (C=O) groups is 1. The molecule has 7 nitrogen and oxygen atoms in total. The van der Waals surface area contributed by atoms with Crippen molar-refractivity contribution in [2.45, 2.75) is 32.1 Å². The number of halogens is 1. The number of nitrogens with zero attached hydrogens (tertiary/aromatic N) is 4. The number of hydrogen-bond acceptors (Lipinski definition) is 6. The Labute approximate surface area is 186 Å². The van der Waals surface area contributed by atoms with Gasteiger partial charge in [0.15, 0.2) is 5.16 Å². The Morgan fingerprint density at radius 3 is 2.83 bits per heavy atom. The summed E-state index contributed by atoms with van der Waals surface area (Å²) in [6.45, 7) is 5.02. The van der Waals surface area contributed by atoms with Gasteiger partial charge in [0.2, 0.25) is 11.7 Å². The molecule has 4 aromatic rings. The summed E-state index contributed by atoms with van der Waals surface area (Å²) in [6.07, 6.45) is 0. The van der Waals surface area contributed by atoms with Crippen molar-refractivity contribution >= 4 is 56.6 Å². The summed E-state index contributed by atoms with van der Waals surface area (Å²) in [6, 6.07) is 9.29. The molecular weight excluding hydrogens is 442 g/mol. The van der Waals surface area contributed by atoms with Gasteiger partial charge in [0.05, 0.1) is 11.3 Å². The lowest BCUT2D eigenvalue weighted by atomic mass is 10.2. The summed E-state index contributed by atoms with van der Waals surface area (Å²) in [4.78, 5) is 25.2. The minimum atomic E-state index is -0.131. The number of nitrogens with one attached hydrogen (secondary N) is 1. The molecule has 0 atom stereocenters. The molecule has 10 heteroatoms. The van der Waals surface area contributed by atoms with E-state index >= 15 is 0 Å². The molecule has 1 aromatic carbocycles. The summed E-state index contributed by atoms with van der Waals surface area (Å²) in [5.41, 5.74) is 1.58. The van der Waals surface area contributed by atoms with Crippen molar-refractivity contribution in [3.05, 3.63) is 56.7 Å². The van der Waals surface area contributed by atoms with Crippen LogP contribution >= 0.6 is 34.7 Å². The Morgan fingerprint density at radius 1 is 1.27 bits per heavy atom. The maximum absolute atomic E-state index is 12.9. The highest BCUT2D eigenvalue weighted by molar-refractivity contribution is 7.99. The van der Waals surface area contributed by atoms with E-state index in [1.54, 1.807) is 10.6 Å². The fraction of sp³-hybridized carbons (Fsp3) is 0.300. The number of carbonyl (C=O) groups excluding carboxylic acids is 1. The van der Waals surface area contributed by atoms with Gasteiger partial charge < -0.3 is 5.32 Å². The molecule has 156 valence electrons. The van der Waals surface area contributed by atoms with Crippen molar-refractivity contribution in [3.8, 4) is 0 Å². The second-order valence-electron chi connectivity index (χ2n) is 7.22. The summed E-state index contributed by atoms with van der Waals surface area (Å²) in [5.74, 6) is 0.833. The van der Waals surface area contributed by atoms with Crippen molar-refractivity contribution in [1.82, 2.24) is 24.5 Å². The molecule has 0 fully saturated rings. The molecule has 3 aromatic heterocycles. The fourth-order valence-corrected chi connectivity index (χ4v) is 4.94. The Bertz CT molecular complexity index is 1280. The molecule has 0 saturated carbocycles. The van der Waals surface area contributed by atoms with E-state index in [-0.39, 0.29) is 23.1 Å². The number of thioether (sulfide) groups is 1. The van der Waals surface area contributed by atoms with Crippen molar-refractivity contribution in [2.24, 2.45) is 5.92 Å². The Kier molecular flexibility index (Phi) is 6.12. The Morgan fingerprint density at radius 2 is 2.07 bits per heavy atom. The van der Waals surface area contributed by atoms with E-state index in [2.05, 4.69) is 29.4 Å². The average molecular weight is 462 g/mol. The summed E-state index contributed by atoms with van der Waals surface area (Å²) in [7, 11) is 0. The molecule has 0 aliphatic carbocycles. The number of thiophene rings is 1. The largest absolute Gasteiger partial charge is 0.351 e. The molecule has 30 heavy (non-hydrogen) atoms. The number of benzene rings is 1. The average Bonchev–Trinajstić information content (AvgIpc) is 3.35. The van der Waals surface area contributed by atoms with Gasteiger partial charge in [-0.15, -0.1) is 21.5 Å². The third kappa shape index (κ3) is 4.10. The van der Waals surface area contributed by atoms with Gasteiger partial charge >= 0.3 is 0 Å². The topological polar surface area (TPSA) is 81.3 Å². The van der Waals surface area contributed by atoms with Crippen LogP contribution in [0.2, 0.25) is 5.02 Å².